The lowest BCUT2D eigenvalue weighted by Crippen LogP contribution is -1.80. The molecule has 0 bridgehead atoms. The Morgan fingerprint density at radius 2 is 1.88 bits per heavy atom. The molecule has 0 N–H and O–H groups in total. The molecular weight excluding hydrogens is 360 g/mol. The predicted octanol–water partition coefficient (Wildman–Crippen LogP) is 6.18. The summed E-state index contributed by atoms with van der Waals surface area (Å²) in [5, 5.41) is 0. The maximum atomic E-state index is 3.57. The molecule has 0 saturated heterocycles. The zero-order chi connectivity index (χ0) is 12.5. The van der Waals surface area contributed by atoms with Gasteiger partial charge >= 0.3 is 0 Å². The van der Waals surface area contributed by atoms with Gasteiger partial charge in [-0.2, -0.15) is 0 Å². The molecule has 0 radical (unpaired) electrons. The third-order valence-corrected chi connectivity index (χ3v) is 4.99. The van der Waals surface area contributed by atoms with Crippen LogP contribution in [-0.2, 0) is 6.42 Å². The summed E-state index contributed by atoms with van der Waals surface area (Å²) in [7, 11) is 0. The van der Waals surface area contributed by atoms with Gasteiger partial charge in [0, 0.05) is 12.8 Å². The van der Waals surface area contributed by atoms with Crippen molar-refractivity contribution in [1.82, 2.24) is 0 Å². The minimum absolute atomic E-state index is 0.968. The Kier molecular flexibility index (Phi) is 8.26. The van der Waals surface area contributed by atoms with Crippen molar-refractivity contribution in [2.75, 3.05) is 0 Å². The molecular formula is C14H18Br2S. The Labute approximate surface area is 125 Å². The molecule has 0 atom stereocenters. The first kappa shape index (κ1) is 15.3. The van der Waals surface area contributed by atoms with Crippen LogP contribution in [0.5, 0.6) is 0 Å². The van der Waals surface area contributed by atoms with Crippen LogP contribution in [0.1, 0.15) is 51.0 Å². The van der Waals surface area contributed by atoms with Crippen molar-refractivity contribution in [3.63, 3.8) is 0 Å². The molecule has 94 valence electrons. The highest BCUT2D eigenvalue weighted by molar-refractivity contribution is 9.12. The van der Waals surface area contributed by atoms with Crippen LogP contribution in [0.2, 0.25) is 0 Å². The Morgan fingerprint density at radius 1 is 1.12 bits per heavy atom. The zero-order valence-electron chi connectivity index (χ0n) is 10.2. The maximum absolute atomic E-state index is 3.57. The minimum atomic E-state index is 0.968. The first-order valence-corrected chi connectivity index (χ1v) is 8.53. The maximum Gasteiger partial charge on any atom is 0.0742 e. The second-order valence-electron chi connectivity index (χ2n) is 4.01. The molecule has 0 saturated carbocycles. The van der Waals surface area contributed by atoms with Crippen LogP contribution in [0.4, 0.5) is 0 Å². The third-order valence-electron chi connectivity index (χ3n) is 2.53. The van der Waals surface area contributed by atoms with Crippen LogP contribution in [0.25, 0.3) is 0 Å². The second kappa shape index (κ2) is 9.19. The van der Waals surface area contributed by atoms with E-state index >= 15 is 0 Å². The number of thiophene rings is 1. The highest BCUT2D eigenvalue weighted by Crippen LogP contribution is 2.32. The molecule has 0 aromatic carbocycles. The lowest BCUT2D eigenvalue weighted by molar-refractivity contribution is 0.679. The lowest BCUT2D eigenvalue weighted by Gasteiger charge is -1.93. The summed E-state index contributed by atoms with van der Waals surface area (Å²) in [6.45, 7) is 2.24. The summed E-state index contributed by atoms with van der Waals surface area (Å²) in [6, 6.07) is 2.18. The fourth-order valence-corrected chi connectivity index (χ4v) is 4.47. The van der Waals surface area contributed by atoms with Gasteiger partial charge in [-0.3, -0.25) is 0 Å². The van der Waals surface area contributed by atoms with Gasteiger partial charge in [0.25, 0.3) is 0 Å². The number of hydrogen-bond acceptors (Lipinski definition) is 1. The van der Waals surface area contributed by atoms with Crippen LogP contribution < -0.4 is 0 Å². The van der Waals surface area contributed by atoms with E-state index in [1.807, 2.05) is 0 Å². The minimum Gasteiger partial charge on any atom is -0.121 e. The van der Waals surface area contributed by atoms with Gasteiger partial charge in [-0.05, 0) is 56.3 Å². The van der Waals surface area contributed by atoms with Crippen LogP contribution >= 0.6 is 43.2 Å². The summed E-state index contributed by atoms with van der Waals surface area (Å²) < 4.78 is 2.42. The van der Waals surface area contributed by atoms with Gasteiger partial charge < -0.3 is 0 Å². The van der Waals surface area contributed by atoms with Gasteiger partial charge in [0.1, 0.15) is 0 Å². The first-order chi connectivity index (χ1) is 8.24. The molecule has 0 spiro atoms. The smallest absolute Gasteiger partial charge is 0.0742 e. The van der Waals surface area contributed by atoms with Crippen molar-refractivity contribution >= 4 is 43.2 Å². The summed E-state index contributed by atoms with van der Waals surface area (Å²) in [5.74, 6) is 6.53. The zero-order valence-corrected chi connectivity index (χ0v) is 14.2. The molecule has 1 rings (SSSR count). The molecule has 0 aliphatic carbocycles. The van der Waals surface area contributed by atoms with Crippen LogP contribution in [0, 0.1) is 11.8 Å². The van der Waals surface area contributed by atoms with E-state index < -0.39 is 0 Å². The SMILES string of the molecule is CCCCCCC#CCCc1cc(Br)sc1Br. The number of rotatable bonds is 6. The predicted molar refractivity (Wildman–Crippen MR) is 84.6 cm³/mol. The first-order valence-electron chi connectivity index (χ1n) is 6.13. The van der Waals surface area contributed by atoms with Gasteiger partial charge in [-0.15, -0.1) is 23.2 Å². The molecule has 1 heterocycles. The Hall–Kier alpha value is 0.220. The van der Waals surface area contributed by atoms with Crippen molar-refractivity contribution in [2.45, 2.75) is 51.9 Å². The summed E-state index contributed by atoms with van der Waals surface area (Å²) in [5.41, 5.74) is 1.36. The van der Waals surface area contributed by atoms with Gasteiger partial charge in [0.15, 0.2) is 0 Å². The standard InChI is InChI=1S/C14H18Br2S/c1-2-3-4-5-6-7-8-9-10-12-11-13(15)17-14(12)16/h11H,2-6,9-10H2,1H3. The Balaban J connectivity index is 2.15. The van der Waals surface area contributed by atoms with Crippen molar-refractivity contribution in [3.8, 4) is 11.8 Å². The van der Waals surface area contributed by atoms with E-state index in [0.717, 1.165) is 19.3 Å². The van der Waals surface area contributed by atoms with E-state index in [1.54, 1.807) is 11.3 Å². The van der Waals surface area contributed by atoms with E-state index in [4.69, 9.17) is 0 Å². The summed E-state index contributed by atoms with van der Waals surface area (Å²) in [6.07, 6.45) is 8.31. The average Bonchev–Trinajstić information content (AvgIpc) is 2.61. The summed E-state index contributed by atoms with van der Waals surface area (Å²) >= 11 is 8.79. The van der Waals surface area contributed by atoms with Crippen LogP contribution in [-0.4, -0.2) is 0 Å². The average molecular weight is 378 g/mol. The van der Waals surface area contributed by atoms with Gasteiger partial charge in [0.05, 0.1) is 7.57 Å². The summed E-state index contributed by atoms with van der Waals surface area (Å²) in [4.78, 5) is 0. The second-order valence-corrected chi connectivity index (χ2v) is 7.76. The number of aryl methyl sites for hydroxylation is 1. The van der Waals surface area contributed by atoms with Gasteiger partial charge in [-0.25, -0.2) is 0 Å². The molecule has 1 aromatic heterocycles. The highest BCUT2D eigenvalue weighted by Gasteiger charge is 2.03. The monoisotopic (exact) mass is 376 g/mol. The molecule has 0 unspecified atom stereocenters. The van der Waals surface area contributed by atoms with Crippen molar-refractivity contribution < 1.29 is 0 Å². The van der Waals surface area contributed by atoms with E-state index in [2.05, 4.69) is 56.7 Å². The molecule has 0 fully saturated rings. The lowest BCUT2D eigenvalue weighted by atomic mass is 10.1. The van der Waals surface area contributed by atoms with E-state index in [-0.39, 0.29) is 0 Å². The van der Waals surface area contributed by atoms with E-state index in [1.165, 1.54) is 38.8 Å². The van der Waals surface area contributed by atoms with Crippen molar-refractivity contribution in [2.24, 2.45) is 0 Å². The molecule has 3 heteroatoms. The van der Waals surface area contributed by atoms with Crippen LogP contribution in [0.3, 0.4) is 0 Å². The number of unbranched alkanes of at least 4 members (excludes halogenated alkanes) is 4. The number of hydrogen-bond donors (Lipinski definition) is 0. The van der Waals surface area contributed by atoms with Crippen LogP contribution in [0.15, 0.2) is 13.6 Å². The topological polar surface area (TPSA) is 0 Å². The quantitative estimate of drug-likeness (QED) is 0.410. The van der Waals surface area contributed by atoms with E-state index in [0.29, 0.717) is 0 Å². The normalized spacial score (nSPS) is 10.1. The fourth-order valence-electron chi connectivity index (χ4n) is 1.56. The van der Waals surface area contributed by atoms with Crippen molar-refractivity contribution in [3.05, 3.63) is 19.2 Å². The van der Waals surface area contributed by atoms with Gasteiger partial charge in [-0.1, -0.05) is 26.2 Å². The van der Waals surface area contributed by atoms with Crippen molar-refractivity contribution in [1.29, 1.82) is 0 Å². The number of halogens is 2. The fraction of sp³-hybridized carbons (Fsp3) is 0.571. The van der Waals surface area contributed by atoms with E-state index in [9.17, 15) is 0 Å². The molecule has 0 nitrogen and oxygen atoms in total. The molecule has 1 aromatic rings. The molecule has 0 aliphatic heterocycles. The molecule has 17 heavy (non-hydrogen) atoms. The Morgan fingerprint density at radius 3 is 2.53 bits per heavy atom. The largest absolute Gasteiger partial charge is 0.121 e. The van der Waals surface area contributed by atoms with Gasteiger partial charge in [0.2, 0.25) is 0 Å². The Bertz CT molecular complexity index is 385. The molecule has 0 aliphatic rings. The third kappa shape index (κ3) is 6.64. The molecule has 0 amide bonds. The highest BCUT2D eigenvalue weighted by atomic mass is 79.9.